The number of nitrogens with zero attached hydrogens (tertiary/aromatic N) is 2. The highest BCUT2D eigenvalue weighted by molar-refractivity contribution is 5.92. The molecule has 1 fully saturated rings. The van der Waals surface area contributed by atoms with E-state index in [0.29, 0.717) is 17.4 Å². The van der Waals surface area contributed by atoms with E-state index in [1.165, 1.54) is 12.8 Å². The number of aromatic nitrogens is 2. The van der Waals surface area contributed by atoms with Gasteiger partial charge in [0.2, 0.25) is 0 Å². The van der Waals surface area contributed by atoms with Gasteiger partial charge in [0, 0.05) is 13.1 Å². The number of carbonyl (C=O) groups excluding carboxylic acids is 1. The molecule has 19 heavy (non-hydrogen) atoms. The second-order valence-electron chi connectivity index (χ2n) is 5.53. The van der Waals surface area contributed by atoms with Gasteiger partial charge in [-0.1, -0.05) is 13.8 Å². The zero-order valence-electron chi connectivity index (χ0n) is 11.8. The quantitative estimate of drug-likeness (QED) is 0.875. The Morgan fingerprint density at radius 2 is 2.05 bits per heavy atom. The van der Waals surface area contributed by atoms with Gasteiger partial charge in [-0.15, -0.1) is 10.2 Å². The van der Waals surface area contributed by atoms with Crippen LogP contribution in [0.3, 0.4) is 0 Å². The van der Waals surface area contributed by atoms with Crippen LogP contribution in [0.2, 0.25) is 0 Å². The van der Waals surface area contributed by atoms with Gasteiger partial charge in [0.05, 0.1) is 0 Å². The van der Waals surface area contributed by atoms with E-state index in [1.54, 1.807) is 19.2 Å². The number of carbonyl (C=O) groups is 1. The number of nitrogens with one attached hydrogen (secondary N) is 2. The van der Waals surface area contributed by atoms with Crippen LogP contribution >= 0.6 is 0 Å². The predicted octanol–water partition coefficient (Wildman–Crippen LogP) is 2.07. The van der Waals surface area contributed by atoms with Crippen molar-refractivity contribution in [3.05, 3.63) is 17.8 Å². The summed E-state index contributed by atoms with van der Waals surface area (Å²) in [6.45, 7) is 4.48. The maximum absolute atomic E-state index is 12.1. The second-order valence-corrected chi connectivity index (χ2v) is 5.53. The van der Waals surface area contributed by atoms with Gasteiger partial charge in [-0.05, 0) is 43.2 Å². The minimum Gasteiger partial charge on any atom is -0.372 e. The van der Waals surface area contributed by atoms with E-state index in [-0.39, 0.29) is 11.9 Å². The van der Waals surface area contributed by atoms with Crippen LogP contribution in [0, 0.1) is 11.8 Å². The predicted molar refractivity (Wildman–Crippen MR) is 75.0 cm³/mol. The summed E-state index contributed by atoms with van der Waals surface area (Å²) >= 11 is 0. The lowest BCUT2D eigenvalue weighted by Crippen LogP contribution is -2.42. The van der Waals surface area contributed by atoms with Gasteiger partial charge in [0.1, 0.15) is 5.82 Å². The Balaban J connectivity index is 1.96. The Kier molecular flexibility index (Phi) is 4.35. The van der Waals surface area contributed by atoms with E-state index in [9.17, 15) is 4.79 Å². The third-order valence-electron chi connectivity index (χ3n) is 3.90. The monoisotopic (exact) mass is 262 g/mol. The fourth-order valence-electron chi connectivity index (χ4n) is 2.71. The number of hydrogen-bond donors (Lipinski definition) is 2. The molecule has 0 aliphatic heterocycles. The molecule has 5 heteroatoms. The molecule has 2 rings (SSSR count). The largest absolute Gasteiger partial charge is 0.372 e. The molecule has 1 aliphatic carbocycles. The zero-order valence-corrected chi connectivity index (χ0v) is 11.8. The van der Waals surface area contributed by atoms with Crippen LogP contribution in [0.5, 0.6) is 0 Å². The maximum Gasteiger partial charge on any atom is 0.272 e. The van der Waals surface area contributed by atoms with Gasteiger partial charge in [0.15, 0.2) is 5.69 Å². The first kappa shape index (κ1) is 13.8. The molecule has 3 atom stereocenters. The van der Waals surface area contributed by atoms with Crippen molar-refractivity contribution in [1.82, 2.24) is 15.5 Å². The Hall–Kier alpha value is -1.65. The third-order valence-corrected chi connectivity index (χ3v) is 3.90. The summed E-state index contributed by atoms with van der Waals surface area (Å²) in [7, 11) is 1.77. The molecule has 0 radical (unpaired) electrons. The Morgan fingerprint density at radius 1 is 1.26 bits per heavy atom. The number of hydrogen-bond acceptors (Lipinski definition) is 4. The molecule has 3 unspecified atom stereocenters. The van der Waals surface area contributed by atoms with Crippen LogP contribution in [-0.4, -0.2) is 29.2 Å². The highest BCUT2D eigenvalue weighted by atomic mass is 16.2. The molecule has 0 saturated heterocycles. The highest BCUT2D eigenvalue weighted by Gasteiger charge is 2.27. The second kappa shape index (κ2) is 5.99. The minimum atomic E-state index is -0.124. The van der Waals surface area contributed by atoms with Crippen LogP contribution in [0.4, 0.5) is 5.82 Å². The molecule has 1 heterocycles. The van der Waals surface area contributed by atoms with E-state index in [4.69, 9.17) is 0 Å². The molecular formula is C14H22N4O. The first-order valence-electron chi connectivity index (χ1n) is 6.92. The molecule has 1 aromatic rings. The standard InChI is InChI=1S/C14H22N4O/c1-9-4-5-11(10(2)8-9)16-14(19)12-6-7-13(15-3)18-17-12/h6-7,9-11H,4-5,8H2,1-3H3,(H,15,18)(H,16,19). The highest BCUT2D eigenvalue weighted by Crippen LogP contribution is 2.28. The van der Waals surface area contributed by atoms with Gasteiger partial charge in [-0.25, -0.2) is 0 Å². The fourth-order valence-corrected chi connectivity index (χ4v) is 2.71. The van der Waals surface area contributed by atoms with Gasteiger partial charge >= 0.3 is 0 Å². The molecule has 5 nitrogen and oxygen atoms in total. The average Bonchev–Trinajstić information content (AvgIpc) is 2.42. The van der Waals surface area contributed by atoms with Gasteiger partial charge in [-0.3, -0.25) is 4.79 Å². The Bertz CT molecular complexity index is 432. The normalized spacial score (nSPS) is 26.8. The van der Waals surface area contributed by atoms with Crippen molar-refractivity contribution in [3.8, 4) is 0 Å². The Morgan fingerprint density at radius 3 is 2.63 bits per heavy atom. The molecule has 1 amide bonds. The first-order valence-corrected chi connectivity index (χ1v) is 6.92. The summed E-state index contributed by atoms with van der Waals surface area (Å²) in [6.07, 6.45) is 3.41. The van der Waals surface area contributed by atoms with E-state index in [2.05, 4.69) is 34.7 Å². The van der Waals surface area contributed by atoms with Crippen LogP contribution in [0.1, 0.15) is 43.6 Å². The van der Waals surface area contributed by atoms with Crippen molar-refractivity contribution in [3.63, 3.8) is 0 Å². The molecule has 0 spiro atoms. The number of amides is 1. The lowest BCUT2D eigenvalue weighted by atomic mass is 9.80. The topological polar surface area (TPSA) is 66.9 Å². The first-order chi connectivity index (χ1) is 9.10. The van der Waals surface area contributed by atoms with Crippen molar-refractivity contribution in [2.75, 3.05) is 12.4 Å². The van der Waals surface area contributed by atoms with E-state index in [0.717, 1.165) is 12.3 Å². The van der Waals surface area contributed by atoms with Crippen LogP contribution in [0.15, 0.2) is 12.1 Å². The van der Waals surface area contributed by atoms with Crippen molar-refractivity contribution in [1.29, 1.82) is 0 Å². The van der Waals surface area contributed by atoms with E-state index >= 15 is 0 Å². The van der Waals surface area contributed by atoms with Crippen LogP contribution in [0.25, 0.3) is 0 Å². The van der Waals surface area contributed by atoms with Crippen molar-refractivity contribution in [2.24, 2.45) is 11.8 Å². The van der Waals surface area contributed by atoms with Gasteiger partial charge in [-0.2, -0.15) is 0 Å². The van der Waals surface area contributed by atoms with Gasteiger partial charge in [0.25, 0.3) is 5.91 Å². The van der Waals surface area contributed by atoms with E-state index < -0.39 is 0 Å². The Labute approximate surface area is 114 Å². The van der Waals surface area contributed by atoms with Crippen molar-refractivity contribution >= 4 is 11.7 Å². The zero-order chi connectivity index (χ0) is 13.8. The van der Waals surface area contributed by atoms with E-state index in [1.807, 2.05) is 0 Å². The summed E-state index contributed by atoms with van der Waals surface area (Å²) in [6, 6.07) is 3.72. The van der Waals surface area contributed by atoms with Crippen molar-refractivity contribution in [2.45, 2.75) is 39.2 Å². The lowest BCUT2D eigenvalue weighted by molar-refractivity contribution is 0.0893. The van der Waals surface area contributed by atoms with Gasteiger partial charge < -0.3 is 10.6 Å². The van der Waals surface area contributed by atoms with Crippen LogP contribution < -0.4 is 10.6 Å². The number of anilines is 1. The van der Waals surface area contributed by atoms with Crippen molar-refractivity contribution < 1.29 is 4.79 Å². The molecule has 104 valence electrons. The summed E-state index contributed by atoms with van der Waals surface area (Å²) in [5.41, 5.74) is 0.379. The molecule has 0 aromatic carbocycles. The molecule has 1 aromatic heterocycles. The summed E-state index contributed by atoms with van der Waals surface area (Å²) in [5, 5.41) is 13.8. The molecule has 2 N–H and O–H groups in total. The molecule has 1 saturated carbocycles. The molecule has 1 aliphatic rings. The summed E-state index contributed by atoms with van der Waals surface area (Å²) in [4.78, 5) is 12.1. The maximum atomic E-state index is 12.1. The number of rotatable bonds is 3. The smallest absolute Gasteiger partial charge is 0.272 e. The summed E-state index contributed by atoms with van der Waals surface area (Å²) < 4.78 is 0. The lowest BCUT2D eigenvalue weighted by Gasteiger charge is -2.33. The fraction of sp³-hybridized carbons (Fsp3) is 0.643. The van der Waals surface area contributed by atoms with Crippen LogP contribution in [-0.2, 0) is 0 Å². The third kappa shape index (κ3) is 3.43. The summed E-state index contributed by atoms with van der Waals surface area (Å²) in [5.74, 6) is 1.83. The SMILES string of the molecule is CNc1ccc(C(=O)NC2CCC(C)CC2C)nn1. The molecule has 0 bridgehead atoms. The minimum absolute atomic E-state index is 0.124. The average molecular weight is 262 g/mol. The molecular weight excluding hydrogens is 240 g/mol.